The largest absolute Gasteiger partial charge is 0.497 e. The van der Waals surface area contributed by atoms with Gasteiger partial charge in [0, 0.05) is 23.7 Å². The summed E-state index contributed by atoms with van der Waals surface area (Å²) >= 11 is 0. The molecule has 0 aliphatic carbocycles. The van der Waals surface area contributed by atoms with Gasteiger partial charge in [0.2, 0.25) is 11.8 Å². The second kappa shape index (κ2) is 15.3. The van der Waals surface area contributed by atoms with Crippen LogP contribution in [0.5, 0.6) is 5.75 Å². The number of rotatable bonds is 10. The molecule has 4 aliphatic rings. The van der Waals surface area contributed by atoms with Crippen molar-refractivity contribution >= 4 is 42.4 Å². The molecule has 56 heavy (non-hydrogen) atoms. The topological polar surface area (TPSA) is 120 Å². The van der Waals surface area contributed by atoms with E-state index in [9.17, 15) is 14.7 Å². The highest BCUT2D eigenvalue weighted by Crippen LogP contribution is 2.60. The number of benzene rings is 4. The van der Waals surface area contributed by atoms with E-state index in [1.54, 1.807) is 12.0 Å². The molecule has 6 atom stereocenters. The number of nitrogens with one attached hydrogen (secondary N) is 2. The van der Waals surface area contributed by atoms with Crippen LogP contribution in [0.2, 0.25) is 18.6 Å². The van der Waals surface area contributed by atoms with Crippen molar-refractivity contribution in [2.45, 2.75) is 88.1 Å². The number of aliphatic hydroxyl groups is 1. The summed E-state index contributed by atoms with van der Waals surface area (Å²) in [7, 11) is -0.903. The minimum Gasteiger partial charge on any atom is -0.497 e. The second-order valence-corrected chi connectivity index (χ2v) is 21.1. The molecule has 4 aromatic rings. The summed E-state index contributed by atoms with van der Waals surface area (Å²) in [5, 5.41) is 18.1. The Bertz CT molecular complexity index is 2110. The van der Waals surface area contributed by atoms with Crippen LogP contribution in [0.15, 0.2) is 97.1 Å². The van der Waals surface area contributed by atoms with Gasteiger partial charge in [-0.1, -0.05) is 91.9 Å². The summed E-state index contributed by atoms with van der Waals surface area (Å²) in [6.45, 7) is 8.13. The lowest BCUT2D eigenvalue weighted by molar-refractivity contribution is -0.151. The van der Waals surface area contributed by atoms with Crippen LogP contribution < -0.4 is 25.5 Å². The number of methoxy groups -OCH3 is 1. The van der Waals surface area contributed by atoms with Crippen molar-refractivity contribution < 1.29 is 29.0 Å². The Morgan fingerprint density at radius 3 is 2.43 bits per heavy atom. The third-order valence-corrected chi connectivity index (χ3v) is 17.3. The Morgan fingerprint density at radius 2 is 1.73 bits per heavy atom. The number of ether oxygens (including phenoxy) is 2. The van der Waals surface area contributed by atoms with Crippen LogP contribution in [0.25, 0.3) is 0 Å². The normalized spacial score (nSPS) is 25.7. The second-order valence-electron chi connectivity index (χ2n) is 16.4. The number of anilines is 2. The Hall–Kier alpha value is -4.81. The van der Waals surface area contributed by atoms with Crippen molar-refractivity contribution in [3.05, 3.63) is 119 Å². The number of nitrogens with zero attached hydrogens (tertiary/aromatic N) is 2. The predicted molar refractivity (Wildman–Crippen MR) is 219 cm³/mol. The molecule has 4 aliphatic heterocycles. The fraction of sp³-hybridized carbons (Fsp3) is 0.400. The van der Waals surface area contributed by atoms with Gasteiger partial charge in [0.05, 0.1) is 58.6 Å². The first-order valence-corrected chi connectivity index (χ1v) is 23.0. The van der Waals surface area contributed by atoms with Crippen molar-refractivity contribution in [1.82, 2.24) is 10.2 Å². The fourth-order valence-electron chi connectivity index (χ4n) is 9.98. The van der Waals surface area contributed by atoms with Crippen LogP contribution in [0.4, 0.5) is 11.4 Å². The Balaban J connectivity index is 1.21. The Morgan fingerprint density at radius 1 is 1.00 bits per heavy atom. The van der Waals surface area contributed by atoms with Crippen molar-refractivity contribution in [3.63, 3.8) is 0 Å². The van der Waals surface area contributed by atoms with Crippen LogP contribution in [0.3, 0.4) is 0 Å². The maximum absolute atomic E-state index is 15.4. The average molecular weight is 773 g/mol. The van der Waals surface area contributed by atoms with E-state index in [4.69, 9.17) is 9.47 Å². The van der Waals surface area contributed by atoms with Gasteiger partial charge in [-0.05, 0) is 78.4 Å². The third-order valence-electron chi connectivity index (χ3n) is 12.9. The molecule has 292 valence electrons. The highest BCUT2D eigenvalue weighted by atomic mass is 28.3. The number of carbonyl (C=O) groups is 3. The molecule has 0 bridgehead atoms. The average Bonchev–Trinajstić information content (AvgIpc) is 3.92. The van der Waals surface area contributed by atoms with Crippen LogP contribution in [-0.2, 0) is 44.2 Å². The molecule has 8 rings (SSSR count). The standard InChI is InChI=1S/C45H52N4O6Si/c1-29-42(56(3,4)36-19-17-35(54-2)18-20-36)40(25-41(51)48-27-32-14-9-8-13-31(32)23-34(48)28-50)55-45(29)37-24-33(47-43(52)38-15-10-22-46-38)16-21-39(37)49(44(45)53)26-30-11-6-5-7-12-30/h5-9,11-14,16-21,24,29,34,38,40,42,46,50H,10,15,22-23,25-28H2,1-4H3,(H,47,52)/t29-,34+,38-,40+,42-,45+/m1/s1. The number of carbonyl (C=O) groups excluding carboxylic acids is 3. The first-order chi connectivity index (χ1) is 27.0. The van der Waals surface area contributed by atoms with E-state index in [0.717, 1.165) is 47.5 Å². The van der Waals surface area contributed by atoms with Gasteiger partial charge in [-0.15, -0.1) is 0 Å². The third kappa shape index (κ3) is 6.64. The van der Waals surface area contributed by atoms with Gasteiger partial charge in [0.15, 0.2) is 5.60 Å². The van der Waals surface area contributed by atoms with Gasteiger partial charge in [-0.3, -0.25) is 14.4 Å². The van der Waals surface area contributed by atoms with Crippen molar-refractivity contribution in [2.75, 3.05) is 30.5 Å². The molecule has 11 heteroatoms. The summed E-state index contributed by atoms with van der Waals surface area (Å²) in [4.78, 5) is 47.0. The maximum Gasteiger partial charge on any atom is 0.264 e. The molecular weight excluding hydrogens is 721 g/mol. The minimum absolute atomic E-state index is 0.0626. The Kier molecular flexibility index (Phi) is 10.4. The molecule has 4 heterocycles. The van der Waals surface area contributed by atoms with Crippen LogP contribution in [-0.4, -0.2) is 74.3 Å². The molecule has 2 saturated heterocycles. The van der Waals surface area contributed by atoms with Crippen molar-refractivity contribution in [3.8, 4) is 5.75 Å². The van der Waals surface area contributed by atoms with Gasteiger partial charge in [0.25, 0.3) is 5.91 Å². The number of hydrogen-bond donors (Lipinski definition) is 3. The SMILES string of the molecule is COc1ccc([Si](C)(C)[C@H]2[C@H](CC(=O)N3Cc4ccccc4C[C@H]3CO)O[C@@]3(C(=O)N(Cc4ccccc4)c4ccc(NC(=O)[C@H]5CCCN5)cc43)[C@@H]2C)cc1. The first-order valence-electron chi connectivity index (χ1n) is 19.9. The zero-order valence-electron chi connectivity index (χ0n) is 32.7. The van der Waals surface area contributed by atoms with E-state index in [1.165, 1.54) is 5.19 Å². The first kappa shape index (κ1) is 38.1. The lowest BCUT2D eigenvalue weighted by atomic mass is 9.82. The van der Waals surface area contributed by atoms with Crippen LogP contribution in [0, 0.1) is 5.92 Å². The van der Waals surface area contributed by atoms with Gasteiger partial charge in [-0.2, -0.15) is 0 Å². The van der Waals surface area contributed by atoms with Gasteiger partial charge < -0.3 is 35.0 Å². The molecule has 3 amide bonds. The van der Waals surface area contributed by atoms with E-state index in [1.807, 2.05) is 83.8 Å². The van der Waals surface area contributed by atoms with E-state index in [2.05, 4.69) is 48.9 Å². The predicted octanol–water partition coefficient (Wildman–Crippen LogP) is 5.48. The highest BCUT2D eigenvalue weighted by Gasteiger charge is 2.66. The fourth-order valence-corrected chi connectivity index (χ4v) is 14.0. The van der Waals surface area contributed by atoms with Crippen molar-refractivity contribution in [2.24, 2.45) is 5.92 Å². The van der Waals surface area contributed by atoms with Gasteiger partial charge >= 0.3 is 0 Å². The van der Waals surface area contributed by atoms with E-state index >= 15 is 4.79 Å². The smallest absolute Gasteiger partial charge is 0.264 e. The summed E-state index contributed by atoms with van der Waals surface area (Å²) in [6.07, 6.45) is 1.75. The van der Waals surface area contributed by atoms with Gasteiger partial charge in [0.1, 0.15) is 5.75 Å². The summed E-state index contributed by atoms with van der Waals surface area (Å²) < 4.78 is 12.8. The molecular formula is C45H52N4O6Si. The molecule has 0 radical (unpaired) electrons. The molecule has 4 aromatic carbocycles. The molecule has 2 fully saturated rings. The number of aliphatic hydroxyl groups excluding tert-OH is 1. The lowest BCUT2D eigenvalue weighted by Crippen LogP contribution is -2.52. The summed E-state index contributed by atoms with van der Waals surface area (Å²) in [6, 6.07) is 31.3. The highest BCUT2D eigenvalue weighted by molar-refractivity contribution is 6.91. The number of amides is 3. The van der Waals surface area contributed by atoms with Crippen LogP contribution in [0.1, 0.15) is 48.4 Å². The molecule has 0 saturated carbocycles. The Labute approximate surface area is 330 Å². The zero-order valence-corrected chi connectivity index (χ0v) is 33.7. The lowest BCUT2D eigenvalue weighted by Gasteiger charge is -2.39. The molecule has 3 N–H and O–H groups in total. The van der Waals surface area contributed by atoms with E-state index < -0.39 is 19.8 Å². The van der Waals surface area contributed by atoms with E-state index in [0.29, 0.717) is 30.8 Å². The molecule has 10 nitrogen and oxygen atoms in total. The summed E-state index contributed by atoms with van der Waals surface area (Å²) in [5.74, 6) is 0.0582. The summed E-state index contributed by atoms with van der Waals surface area (Å²) in [5.41, 5.74) is 3.68. The zero-order chi connectivity index (χ0) is 39.2. The number of fused-ring (bicyclic) bond motifs is 3. The quantitative estimate of drug-likeness (QED) is 0.183. The molecule has 0 aromatic heterocycles. The minimum atomic E-state index is -2.56. The maximum atomic E-state index is 15.4. The van der Waals surface area contributed by atoms with E-state index in [-0.39, 0.29) is 54.3 Å². The monoisotopic (exact) mass is 772 g/mol. The van der Waals surface area contributed by atoms with Crippen molar-refractivity contribution in [1.29, 1.82) is 0 Å². The van der Waals surface area contributed by atoms with Gasteiger partial charge in [-0.25, -0.2) is 0 Å². The van der Waals surface area contributed by atoms with Crippen LogP contribution >= 0.6 is 0 Å². The molecule has 0 unspecified atom stereocenters. The number of hydrogen-bond acceptors (Lipinski definition) is 7. The molecule has 1 spiro atoms.